The van der Waals surface area contributed by atoms with Crippen LogP contribution in [0.15, 0.2) is 53.5 Å². The molecule has 0 aromatic heterocycles. The molecule has 0 saturated carbocycles. The predicted octanol–water partition coefficient (Wildman–Crippen LogP) is 5.04. The second-order valence-electron chi connectivity index (χ2n) is 4.93. The van der Waals surface area contributed by atoms with Crippen LogP contribution in [-0.2, 0) is 4.79 Å². The van der Waals surface area contributed by atoms with Gasteiger partial charge in [-0.1, -0.05) is 23.7 Å². The molecular formula is C16H10ClF3N2O. The molecule has 1 heterocycles. The Bertz CT molecular complexity index is 785. The third kappa shape index (κ3) is 3.07. The third-order valence-corrected chi connectivity index (χ3v) is 3.61. The highest BCUT2D eigenvalue weighted by atomic mass is 35.5. The van der Waals surface area contributed by atoms with E-state index in [9.17, 15) is 18.0 Å². The van der Waals surface area contributed by atoms with Crippen molar-refractivity contribution in [2.24, 2.45) is 4.99 Å². The van der Waals surface area contributed by atoms with Gasteiger partial charge in [0.25, 0.3) is 0 Å². The molecule has 0 aliphatic carbocycles. The monoisotopic (exact) mass is 338 g/mol. The Morgan fingerprint density at radius 2 is 1.70 bits per heavy atom. The highest BCUT2D eigenvalue weighted by Gasteiger charge is 2.40. The first-order valence-electron chi connectivity index (χ1n) is 6.68. The summed E-state index contributed by atoms with van der Waals surface area (Å²) < 4.78 is 39.2. The van der Waals surface area contributed by atoms with Gasteiger partial charge < -0.3 is 0 Å². The van der Waals surface area contributed by atoms with Crippen LogP contribution in [0.3, 0.4) is 0 Å². The summed E-state index contributed by atoms with van der Waals surface area (Å²) >= 11 is 5.83. The van der Waals surface area contributed by atoms with Crippen molar-refractivity contribution in [3.8, 4) is 0 Å². The quantitative estimate of drug-likeness (QED) is 0.716. The number of hydrogen-bond acceptors (Lipinski definition) is 2. The van der Waals surface area contributed by atoms with Crippen molar-refractivity contribution in [2.75, 3.05) is 4.90 Å². The Morgan fingerprint density at radius 3 is 2.35 bits per heavy atom. The summed E-state index contributed by atoms with van der Waals surface area (Å²) in [5.41, 5.74) is -0.267. The summed E-state index contributed by atoms with van der Waals surface area (Å²) in [4.78, 5) is 17.3. The molecule has 1 aliphatic rings. The van der Waals surface area contributed by atoms with Crippen LogP contribution in [0.25, 0.3) is 0 Å². The fraction of sp³-hybridized carbons (Fsp3) is 0.125. The molecule has 0 spiro atoms. The van der Waals surface area contributed by atoms with Gasteiger partial charge in [0.05, 0.1) is 17.8 Å². The number of anilines is 2. The maximum absolute atomic E-state index is 13.1. The van der Waals surface area contributed by atoms with Gasteiger partial charge in [0, 0.05) is 10.7 Å². The largest absolute Gasteiger partial charge is 0.430 e. The lowest BCUT2D eigenvalue weighted by Gasteiger charge is -2.22. The molecule has 2 aromatic carbocycles. The van der Waals surface area contributed by atoms with Gasteiger partial charge in [-0.2, -0.15) is 13.2 Å². The van der Waals surface area contributed by atoms with Crippen molar-refractivity contribution >= 4 is 40.3 Å². The summed E-state index contributed by atoms with van der Waals surface area (Å²) in [5, 5.41) is 0.469. The lowest BCUT2D eigenvalue weighted by Crippen LogP contribution is -2.31. The van der Waals surface area contributed by atoms with Gasteiger partial charge in [-0.15, -0.1) is 0 Å². The number of nitrogens with zero attached hydrogens (tertiary/aromatic N) is 2. The normalized spacial score (nSPS) is 15.0. The number of fused-ring (bicyclic) bond motifs is 1. The number of aliphatic imine (C=N–C) groups is 1. The van der Waals surface area contributed by atoms with Crippen molar-refractivity contribution in [1.82, 2.24) is 0 Å². The maximum atomic E-state index is 13.1. The van der Waals surface area contributed by atoms with Crippen LogP contribution in [-0.4, -0.2) is 17.8 Å². The van der Waals surface area contributed by atoms with Crippen molar-refractivity contribution in [2.45, 2.75) is 12.6 Å². The molecule has 3 rings (SSSR count). The SMILES string of the molecule is O=C1CC(C(F)(F)F)=Nc2ccccc2N1c1ccc(Cl)cc1. The number of alkyl halides is 3. The number of hydrogen-bond donors (Lipinski definition) is 0. The summed E-state index contributed by atoms with van der Waals surface area (Å²) in [7, 11) is 0. The molecular weight excluding hydrogens is 329 g/mol. The topological polar surface area (TPSA) is 32.7 Å². The predicted molar refractivity (Wildman–Crippen MR) is 82.8 cm³/mol. The molecule has 118 valence electrons. The fourth-order valence-corrected chi connectivity index (χ4v) is 2.45. The van der Waals surface area contributed by atoms with E-state index in [1.165, 1.54) is 11.0 Å². The molecule has 0 radical (unpaired) electrons. The van der Waals surface area contributed by atoms with Crippen LogP contribution >= 0.6 is 11.6 Å². The number of amides is 1. The van der Waals surface area contributed by atoms with Gasteiger partial charge in [-0.05, 0) is 36.4 Å². The molecule has 0 N–H and O–H groups in total. The number of benzene rings is 2. The third-order valence-electron chi connectivity index (χ3n) is 3.36. The van der Waals surface area contributed by atoms with Crippen LogP contribution in [0.2, 0.25) is 5.02 Å². The first-order chi connectivity index (χ1) is 10.9. The van der Waals surface area contributed by atoms with E-state index in [1.807, 2.05) is 0 Å². The average Bonchev–Trinajstić information content (AvgIpc) is 2.64. The van der Waals surface area contributed by atoms with Crippen LogP contribution in [0, 0.1) is 0 Å². The van der Waals surface area contributed by atoms with Gasteiger partial charge in [-0.3, -0.25) is 9.69 Å². The molecule has 0 atom stereocenters. The Labute approximate surface area is 135 Å². The van der Waals surface area contributed by atoms with Gasteiger partial charge in [-0.25, -0.2) is 4.99 Å². The highest BCUT2D eigenvalue weighted by Crippen LogP contribution is 2.39. The van der Waals surface area contributed by atoms with Crippen LogP contribution in [0.5, 0.6) is 0 Å². The summed E-state index contributed by atoms with van der Waals surface area (Å²) in [5.74, 6) is -0.701. The lowest BCUT2D eigenvalue weighted by molar-refractivity contribution is -0.117. The molecule has 23 heavy (non-hydrogen) atoms. The number of halogens is 4. The Hall–Kier alpha value is -2.34. The van der Waals surface area contributed by atoms with Crippen molar-refractivity contribution in [1.29, 1.82) is 0 Å². The van der Waals surface area contributed by atoms with Crippen LogP contribution in [0.4, 0.5) is 30.2 Å². The van der Waals surface area contributed by atoms with E-state index >= 15 is 0 Å². The van der Waals surface area contributed by atoms with Crippen molar-refractivity contribution in [3.63, 3.8) is 0 Å². The zero-order chi connectivity index (χ0) is 16.6. The smallest absolute Gasteiger partial charge is 0.279 e. The number of carbonyl (C=O) groups excluding carboxylic acids is 1. The molecule has 3 nitrogen and oxygen atoms in total. The fourth-order valence-electron chi connectivity index (χ4n) is 2.33. The first-order valence-corrected chi connectivity index (χ1v) is 7.06. The second kappa shape index (κ2) is 5.70. The minimum Gasteiger partial charge on any atom is -0.279 e. The zero-order valence-electron chi connectivity index (χ0n) is 11.6. The van der Waals surface area contributed by atoms with Crippen LogP contribution < -0.4 is 4.90 Å². The molecule has 0 saturated heterocycles. The summed E-state index contributed by atoms with van der Waals surface area (Å²) in [6.45, 7) is 0. The summed E-state index contributed by atoms with van der Waals surface area (Å²) in [6, 6.07) is 12.5. The minimum absolute atomic E-state index is 0.0978. The number of rotatable bonds is 1. The molecule has 1 amide bonds. The van der Waals surface area contributed by atoms with E-state index in [-0.39, 0.29) is 5.69 Å². The second-order valence-corrected chi connectivity index (χ2v) is 5.36. The molecule has 0 unspecified atom stereocenters. The van der Waals surface area contributed by atoms with Crippen molar-refractivity contribution < 1.29 is 18.0 Å². The van der Waals surface area contributed by atoms with E-state index in [0.29, 0.717) is 16.4 Å². The van der Waals surface area contributed by atoms with Gasteiger partial charge in [0.2, 0.25) is 5.91 Å². The van der Waals surface area contributed by atoms with E-state index in [1.54, 1.807) is 42.5 Å². The Balaban J connectivity index is 2.15. The molecule has 0 bridgehead atoms. The average molecular weight is 339 g/mol. The van der Waals surface area contributed by atoms with Crippen molar-refractivity contribution in [3.05, 3.63) is 53.6 Å². The minimum atomic E-state index is -4.65. The van der Waals surface area contributed by atoms with Gasteiger partial charge in [0.1, 0.15) is 5.71 Å². The first kappa shape index (κ1) is 15.6. The molecule has 0 fully saturated rings. The van der Waals surface area contributed by atoms with E-state index in [4.69, 9.17) is 11.6 Å². The Kier molecular flexibility index (Phi) is 3.85. The van der Waals surface area contributed by atoms with Crippen LogP contribution in [0.1, 0.15) is 6.42 Å². The van der Waals surface area contributed by atoms with E-state index < -0.39 is 24.2 Å². The Morgan fingerprint density at radius 1 is 1.04 bits per heavy atom. The molecule has 7 heteroatoms. The van der Waals surface area contributed by atoms with E-state index in [2.05, 4.69) is 4.99 Å². The highest BCUT2D eigenvalue weighted by molar-refractivity contribution is 6.30. The number of para-hydroxylation sites is 2. The van der Waals surface area contributed by atoms with Gasteiger partial charge >= 0.3 is 6.18 Å². The molecule has 2 aromatic rings. The molecule has 1 aliphatic heterocycles. The summed E-state index contributed by atoms with van der Waals surface area (Å²) in [6.07, 6.45) is -5.47. The zero-order valence-corrected chi connectivity index (χ0v) is 12.4. The maximum Gasteiger partial charge on any atom is 0.430 e. The standard InChI is InChI=1S/C16H10ClF3N2O/c17-10-5-7-11(8-6-10)22-13-4-2-1-3-12(13)21-14(9-15(22)23)16(18,19)20/h1-8H,9H2. The number of carbonyl (C=O) groups is 1. The van der Waals surface area contributed by atoms with E-state index in [0.717, 1.165) is 0 Å². The lowest BCUT2D eigenvalue weighted by atomic mass is 10.2. The van der Waals surface area contributed by atoms with Gasteiger partial charge in [0.15, 0.2) is 0 Å².